The monoisotopic (exact) mass is 246 g/mol. The van der Waals surface area contributed by atoms with Crippen LogP contribution in [-0.2, 0) is 19.4 Å². The van der Waals surface area contributed by atoms with Crippen LogP contribution in [0.15, 0.2) is 0 Å². The third kappa shape index (κ3) is 4.25. The van der Waals surface area contributed by atoms with E-state index in [1.54, 1.807) is 27.7 Å². The van der Waals surface area contributed by atoms with Gasteiger partial charge in [0.2, 0.25) is 0 Å². The molecule has 0 N–H and O–H groups in total. The van der Waals surface area contributed by atoms with Crippen molar-refractivity contribution in [3.63, 3.8) is 0 Å². The fourth-order valence-corrected chi connectivity index (χ4v) is 1.40. The van der Waals surface area contributed by atoms with Gasteiger partial charge in [-0.25, -0.2) is 4.79 Å². The van der Waals surface area contributed by atoms with E-state index in [0.717, 1.165) is 0 Å². The molecule has 94 valence electrons. The van der Waals surface area contributed by atoms with E-state index >= 15 is 0 Å². The molecule has 0 radical (unpaired) electrons. The molecule has 0 spiro atoms. The lowest BCUT2D eigenvalue weighted by Crippen LogP contribution is -2.38. The molecule has 0 fully saturated rings. The van der Waals surface area contributed by atoms with Crippen LogP contribution >= 0.6 is 0 Å². The number of hydrogen-bond donors (Lipinski definition) is 0. The van der Waals surface area contributed by atoms with Crippen LogP contribution < -0.4 is 0 Å². The highest BCUT2D eigenvalue weighted by Crippen LogP contribution is 2.29. The summed E-state index contributed by atoms with van der Waals surface area (Å²) in [4.78, 5) is 32.6. The zero-order chi connectivity index (χ0) is 12.1. The molecule has 0 rings (SSSR count). The highest BCUT2D eigenvalue weighted by Gasteiger charge is 2.42. The van der Waals surface area contributed by atoms with Gasteiger partial charge in [-0.05, 0) is 33.6 Å². The smallest absolute Gasteiger partial charge is 0.299 e. The highest BCUT2D eigenvalue weighted by atomic mass is 27.0. The summed E-state index contributed by atoms with van der Waals surface area (Å²) in [6.45, 7) is 8.49. The van der Waals surface area contributed by atoms with Gasteiger partial charge in [0.05, 0.1) is 6.10 Å². The van der Waals surface area contributed by atoms with Gasteiger partial charge >= 0.3 is 5.97 Å². The van der Waals surface area contributed by atoms with E-state index in [1.165, 1.54) is 6.92 Å². The highest BCUT2D eigenvalue weighted by molar-refractivity contribution is 6.02. The fraction of sp³-hybridized carbons (Fsp3) is 0.818. The molecule has 0 saturated carbocycles. The van der Waals surface area contributed by atoms with E-state index in [2.05, 4.69) is 4.89 Å². The van der Waals surface area contributed by atoms with Crippen LogP contribution in [0.25, 0.3) is 0 Å². The van der Waals surface area contributed by atoms with E-state index in [9.17, 15) is 9.59 Å². The molecular weight excluding hydrogens is 223 g/mol. The zero-order valence-electron chi connectivity index (χ0n) is 10.1. The first-order valence-electron chi connectivity index (χ1n) is 5.29. The Hall–Kier alpha value is -0.368. The third-order valence-corrected chi connectivity index (χ3v) is 2.59. The summed E-state index contributed by atoms with van der Waals surface area (Å²) in [7, 11) is 0. The van der Waals surface area contributed by atoms with Crippen molar-refractivity contribution in [2.75, 3.05) is 0 Å². The summed E-state index contributed by atoms with van der Waals surface area (Å²) >= 11 is 0. The maximum atomic E-state index is 11.7. The van der Waals surface area contributed by atoms with Gasteiger partial charge in [-0.1, -0.05) is 13.8 Å². The number of carbonyl (C=O) groups excluding carboxylic acids is 2. The van der Waals surface area contributed by atoms with Crippen LogP contribution in [0.2, 0.25) is 0 Å². The number of Topliss-reactive ketones (excluding diaryl/α,β-unsaturated/α-hetero) is 1. The lowest BCUT2D eigenvalue weighted by atomic mass is 9.79. The van der Waals surface area contributed by atoms with E-state index in [4.69, 9.17) is 4.89 Å². The molecule has 0 aromatic carbocycles. The Morgan fingerprint density at radius 3 is 1.88 bits per heavy atom. The van der Waals surface area contributed by atoms with Gasteiger partial charge < -0.3 is 0 Å². The average Bonchev–Trinajstić information content (AvgIpc) is 2.17. The molecule has 0 bridgehead atoms. The van der Waals surface area contributed by atoms with Gasteiger partial charge in [0.1, 0.15) is 11.2 Å². The molecule has 4 nitrogen and oxygen atoms in total. The Morgan fingerprint density at radius 2 is 1.62 bits per heavy atom. The molecule has 0 unspecified atom stereocenters. The van der Waals surface area contributed by atoms with Crippen molar-refractivity contribution in [3.05, 3.63) is 0 Å². The van der Waals surface area contributed by atoms with Crippen molar-refractivity contribution in [2.24, 2.45) is 5.41 Å². The van der Waals surface area contributed by atoms with Crippen LogP contribution in [-0.4, -0.2) is 35.2 Å². The third-order valence-electron chi connectivity index (χ3n) is 2.59. The summed E-state index contributed by atoms with van der Waals surface area (Å²) < 4.78 is 0. The second-order valence-electron chi connectivity index (χ2n) is 3.86. The van der Waals surface area contributed by atoms with Crippen molar-refractivity contribution in [1.82, 2.24) is 0 Å². The standard InChI is InChI=1S/C11H20O4.Al.3H/c1-6-11(7-2,9(5)12)10(13)15-14-8(3)4;;;;/h8H,6-7H2,1-5H3;;;;. The Labute approximate surface area is 108 Å². The first-order valence-corrected chi connectivity index (χ1v) is 5.29. The van der Waals surface area contributed by atoms with Crippen LogP contribution in [0.3, 0.4) is 0 Å². The lowest BCUT2D eigenvalue weighted by Gasteiger charge is -2.25. The van der Waals surface area contributed by atoms with Crippen LogP contribution in [0, 0.1) is 5.41 Å². The molecule has 0 aromatic heterocycles. The Balaban J connectivity index is 0. The predicted octanol–water partition coefficient (Wildman–Crippen LogP) is 1.08. The van der Waals surface area contributed by atoms with Gasteiger partial charge in [-0.2, -0.15) is 4.89 Å². The predicted molar refractivity (Wildman–Crippen MR) is 65.9 cm³/mol. The summed E-state index contributed by atoms with van der Waals surface area (Å²) in [6.07, 6.45) is 0.658. The molecule has 0 aliphatic heterocycles. The second-order valence-corrected chi connectivity index (χ2v) is 3.86. The minimum Gasteiger partial charge on any atom is -0.299 e. The normalized spacial score (nSPS) is 10.9. The second kappa shape index (κ2) is 7.83. The molecule has 0 atom stereocenters. The van der Waals surface area contributed by atoms with E-state index < -0.39 is 11.4 Å². The first-order chi connectivity index (χ1) is 6.90. The quantitative estimate of drug-likeness (QED) is 0.304. The lowest BCUT2D eigenvalue weighted by molar-refractivity contribution is -0.298. The maximum Gasteiger partial charge on any atom is 0.355 e. The number of rotatable bonds is 6. The number of hydrogen-bond acceptors (Lipinski definition) is 4. The largest absolute Gasteiger partial charge is 0.355 e. The zero-order valence-corrected chi connectivity index (χ0v) is 10.1. The SMILES string of the molecule is CCC(CC)(C(C)=O)C(=O)OOC(C)C.[AlH3]. The van der Waals surface area contributed by atoms with Gasteiger partial charge in [0.25, 0.3) is 0 Å². The fourth-order valence-electron chi connectivity index (χ4n) is 1.40. The Bertz CT molecular complexity index is 234. The summed E-state index contributed by atoms with van der Waals surface area (Å²) in [5, 5.41) is 0. The van der Waals surface area contributed by atoms with E-state index in [1.807, 2.05) is 0 Å². The van der Waals surface area contributed by atoms with Gasteiger partial charge in [0, 0.05) is 0 Å². The van der Waals surface area contributed by atoms with Crippen LogP contribution in [0.4, 0.5) is 0 Å². The molecule has 5 heteroatoms. The van der Waals surface area contributed by atoms with Crippen molar-refractivity contribution in [2.45, 2.75) is 53.6 Å². The van der Waals surface area contributed by atoms with Crippen molar-refractivity contribution < 1.29 is 19.4 Å². The Kier molecular flexibility index (Phi) is 8.82. The molecule has 0 aromatic rings. The van der Waals surface area contributed by atoms with E-state index in [0.29, 0.717) is 12.8 Å². The van der Waals surface area contributed by atoms with Crippen molar-refractivity contribution in [1.29, 1.82) is 0 Å². The molecule has 0 amide bonds. The molecule has 0 aliphatic carbocycles. The van der Waals surface area contributed by atoms with Crippen LogP contribution in [0.5, 0.6) is 0 Å². The van der Waals surface area contributed by atoms with Crippen molar-refractivity contribution in [3.8, 4) is 0 Å². The summed E-state index contributed by atoms with van der Waals surface area (Å²) in [5.41, 5.74) is -1.05. The summed E-state index contributed by atoms with van der Waals surface area (Å²) in [6, 6.07) is 0. The minimum absolute atomic E-state index is 0. The molecule has 0 aliphatic rings. The average molecular weight is 246 g/mol. The van der Waals surface area contributed by atoms with Crippen LogP contribution in [0.1, 0.15) is 47.5 Å². The topological polar surface area (TPSA) is 52.6 Å². The molecule has 0 heterocycles. The molecule has 16 heavy (non-hydrogen) atoms. The van der Waals surface area contributed by atoms with Gasteiger partial charge in [-0.3, -0.25) is 9.68 Å². The van der Waals surface area contributed by atoms with E-state index in [-0.39, 0.29) is 29.2 Å². The Morgan fingerprint density at radius 1 is 1.19 bits per heavy atom. The summed E-state index contributed by atoms with van der Waals surface area (Å²) in [5.74, 6) is -0.765. The number of ketones is 1. The molecule has 0 saturated heterocycles. The molecular formula is C11H23AlO4. The number of carbonyl (C=O) groups is 2. The van der Waals surface area contributed by atoms with Crippen molar-refractivity contribution >= 4 is 29.1 Å². The maximum absolute atomic E-state index is 11.7. The minimum atomic E-state index is -1.05. The first kappa shape index (κ1) is 18.0. The van der Waals surface area contributed by atoms with Gasteiger partial charge in [-0.15, -0.1) is 0 Å². The van der Waals surface area contributed by atoms with Gasteiger partial charge in [0.15, 0.2) is 17.4 Å².